The molecule has 0 saturated heterocycles. The molecule has 5 N–H and O–H groups in total. The molecule has 5 nitrogen and oxygen atoms in total. The lowest BCUT2D eigenvalue weighted by Gasteiger charge is -2.15. The Morgan fingerprint density at radius 2 is 1.50 bits per heavy atom. The number of nitrogens with two attached hydrogens (primary N) is 2. The predicted octanol–water partition coefficient (Wildman–Crippen LogP) is 5.27. The number of hydrogen-bond acceptors (Lipinski definition) is 3. The standard InChI is InChI=1S/C27H28F2N4O.2ClH/c28-22-9-3-18(4-10-22)17-33-25-14-20(19-7-11-23(29)12-8-19)5-6-21(25)15-26(33)27(34)32-16-24(31)2-1-13-30;;/h3-12,14-15,24H,1-2,13,16-17,30-31H2,(H,32,34);2*1H. The van der Waals surface area contributed by atoms with Gasteiger partial charge in [-0.3, -0.25) is 4.79 Å². The molecule has 4 aromatic rings. The first-order chi connectivity index (χ1) is 16.4. The normalized spacial score (nSPS) is 11.4. The topological polar surface area (TPSA) is 86.1 Å². The monoisotopic (exact) mass is 534 g/mol. The fourth-order valence-electron chi connectivity index (χ4n) is 4.00. The Bertz CT molecular complexity index is 1280. The van der Waals surface area contributed by atoms with E-state index in [2.05, 4.69) is 5.32 Å². The fourth-order valence-corrected chi connectivity index (χ4v) is 4.00. The van der Waals surface area contributed by atoms with Gasteiger partial charge in [0.25, 0.3) is 5.91 Å². The molecule has 3 aromatic carbocycles. The molecule has 0 aliphatic heterocycles. The van der Waals surface area contributed by atoms with E-state index < -0.39 is 0 Å². The summed E-state index contributed by atoms with van der Waals surface area (Å²) in [5.74, 6) is -0.845. The van der Waals surface area contributed by atoms with Crippen molar-refractivity contribution in [1.82, 2.24) is 9.88 Å². The highest BCUT2D eigenvalue weighted by atomic mass is 35.5. The number of carbonyl (C=O) groups excluding carboxylic acids is 1. The van der Waals surface area contributed by atoms with Gasteiger partial charge in [0.2, 0.25) is 0 Å². The minimum Gasteiger partial charge on any atom is -0.349 e. The van der Waals surface area contributed by atoms with Gasteiger partial charge in [0.05, 0.1) is 0 Å². The third-order valence-electron chi connectivity index (χ3n) is 5.87. The molecule has 1 atom stereocenters. The summed E-state index contributed by atoms with van der Waals surface area (Å²) in [7, 11) is 0. The van der Waals surface area contributed by atoms with Gasteiger partial charge in [-0.15, -0.1) is 24.8 Å². The van der Waals surface area contributed by atoms with E-state index in [0.717, 1.165) is 40.4 Å². The lowest BCUT2D eigenvalue weighted by molar-refractivity contribution is 0.0942. The van der Waals surface area contributed by atoms with Crippen LogP contribution in [0.1, 0.15) is 28.9 Å². The number of nitrogens with zero attached hydrogens (tertiary/aromatic N) is 1. The van der Waals surface area contributed by atoms with Crippen molar-refractivity contribution in [3.63, 3.8) is 0 Å². The molecular weight excluding hydrogens is 505 g/mol. The summed E-state index contributed by atoms with van der Waals surface area (Å²) in [5, 5.41) is 3.82. The molecule has 1 aromatic heterocycles. The zero-order chi connectivity index (χ0) is 24.1. The molecule has 0 aliphatic carbocycles. The molecule has 9 heteroatoms. The summed E-state index contributed by atoms with van der Waals surface area (Å²) in [5.41, 5.74) is 15.6. The van der Waals surface area contributed by atoms with Crippen LogP contribution in [0.5, 0.6) is 0 Å². The maximum Gasteiger partial charge on any atom is 0.268 e. The van der Waals surface area contributed by atoms with Crippen LogP contribution in [0, 0.1) is 11.6 Å². The number of rotatable bonds is 9. The fraction of sp³-hybridized carbons (Fsp3) is 0.222. The number of amides is 1. The first-order valence-corrected chi connectivity index (χ1v) is 11.3. The Hall–Kier alpha value is -2.97. The van der Waals surface area contributed by atoms with Crippen molar-refractivity contribution in [2.75, 3.05) is 13.1 Å². The third-order valence-corrected chi connectivity index (χ3v) is 5.87. The van der Waals surface area contributed by atoms with Crippen molar-refractivity contribution in [2.24, 2.45) is 11.5 Å². The Morgan fingerprint density at radius 3 is 2.14 bits per heavy atom. The maximum atomic E-state index is 13.4. The number of aromatic nitrogens is 1. The second kappa shape index (κ2) is 13.4. The Balaban J connectivity index is 0.00000228. The van der Waals surface area contributed by atoms with Gasteiger partial charge in [0.1, 0.15) is 17.3 Å². The molecule has 192 valence electrons. The van der Waals surface area contributed by atoms with Gasteiger partial charge in [-0.25, -0.2) is 8.78 Å². The molecule has 0 fully saturated rings. The second-order valence-electron chi connectivity index (χ2n) is 8.42. The SMILES string of the molecule is Cl.Cl.NCCCC(N)CNC(=O)c1cc2ccc(-c3ccc(F)cc3)cc2n1Cc1ccc(F)cc1. The third kappa shape index (κ3) is 7.04. The van der Waals surface area contributed by atoms with Crippen LogP contribution in [0.2, 0.25) is 0 Å². The van der Waals surface area contributed by atoms with Crippen LogP contribution in [0.4, 0.5) is 8.78 Å². The lowest BCUT2D eigenvalue weighted by Crippen LogP contribution is -2.38. The average molecular weight is 535 g/mol. The predicted molar refractivity (Wildman–Crippen MR) is 146 cm³/mol. The minimum atomic E-state index is -0.316. The molecule has 0 radical (unpaired) electrons. The number of halogens is 4. The summed E-state index contributed by atoms with van der Waals surface area (Å²) in [6.45, 7) is 1.29. The van der Waals surface area contributed by atoms with Gasteiger partial charge in [0.15, 0.2) is 0 Å². The quantitative estimate of drug-likeness (QED) is 0.273. The van der Waals surface area contributed by atoms with Gasteiger partial charge in [-0.05, 0) is 72.5 Å². The molecule has 1 unspecified atom stereocenters. The minimum absolute atomic E-state index is 0. The van der Waals surface area contributed by atoms with Crippen molar-refractivity contribution in [1.29, 1.82) is 0 Å². The van der Waals surface area contributed by atoms with Crippen LogP contribution < -0.4 is 16.8 Å². The van der Waals surface area contributed by atoms with E-state index in [1.54, 1.807) is 24.3 Å². The smallest absolute Gasteiger partial charge is 0.268 e. The number of hydrogen-bond donors (Lipinski definition) is 3. The first-order valence-electron chi connectivity index (χ1n) is 11.3. The molecule has 0 saturated carbocycles. The van der Waals surface area contributed by atoms with Gasteiger partial charge in [-0.1, -0.05) is 36.4 Å². The molecule has 0 bridgehead atoms. The van der Waals surface area contributed by atoms with E-state index in [-0.39, 0.29) is 48.4 Å². The highest BCUT2D eigenvalue weighted by molar-refractivity contribution is 5.99. The molecule has 0 aliphatic rings. The zero-order valence-corrected chi connectivity index (χ0v) is 21.3. The van der Waals surface area contributed by atoms with E-state index in [1.807, 2.05) is 28.8 Å². The number of carbonyl (C=O) groups is 1. The Kier molecular flexibility index (Phi) is 10.9. The molecule has 1 heterocycles. The van der Waals surface area contributed by atoms with Crippen LogP contribution in [0.3, 0.4) is 0 Å². The summed E-state index contributed by atoms with van der Waals surface area (Å²) < 4.78 is 28.7. The molecular formula is C27H30Cl2F2N4O. The summed E-state index contributed by atoms with van der Waals surface area (Å²) in [4.78, 5) is 13.1. The number of nitrogens with one attached hydrogen (secondary N) is 1. The van der Waals surface area contributed by atoms with Gasteiger partial charge in [-0.2, -0.15) is 0 Å². The molecule has 1 amide bonds. The van der Waals surface area contributed by atoms with E-state index in [4.69, 9.17) is 11.5 Å². The van der Waals surface area contributed by atoms with Gasteiger partial charge < -0.3 is 21.4 Å². The van der Waals surface area contributed by atoms with Crippen LogP contribution >= 0.6 is 24.8 Å². The van der Waals surface area contributed by atoms with Crippen molar-refractivity contribution >= 4 is 41.6 Å². The van der Waals surface area contributed by atoms with Crippen LogP contribution in [-0.4, -0.2) is 29.6 Å². The number of fused-ring (bicyclic) bond motifs is 1. The summed E-state index contributed by atoms with van der Waals surface area (Å²) >= 11 is 0. The largest absolute Gasteiger partial charge is 0.349 e. The second-order valence-corrected chi connectivity index (χ2v) is 8.42. The molecule has 4 rings (SSSR count). The van der Waals surface area contributed by atoms with Crippen molar-refractivity contribution < 1.29 is 13.6 Å². The van der Waals surface area contributed by atoms with Gasteiger partial charge >= 0.3 is 0 Å². The van der Waals surface area contributed by atoms with Crippen LogP contribution in [0.15, 0.2) is 72.8 Å². The van der Waals surface area contributed by atoms with Gasteiger partial charge in [0, 0.05) is 30.0 Å². The van der Waals surface area contributed by atoms with Crippen molar-refractivity contribution in [3.8, 4) is 11.1 Å². The molecule has 0 spiro atoms. The maximum absolute atomic E-state index is 13.4. The van der Waals surface area contributed by atoms with E-state index in [1.165, 1.54) is 24.3 Å². The van der Waals surface area contributed by atoms with E-state index in [9.17, 15) is 13.6 Å². The Morgan fingerprint density at radius 1 is 0.889 bits per heavy atom. The van der Waals surface area contributed by atoms with E-state index >= 15 is 0 Å². The van der Waals surface area contributed by atoms with Crippen LogP contribution in [-0.2, 0) is 6.54 Å². The Labute approximate surface area is 221 Å². The average Bonchev–Trinajstić information content (AvgIpc) is 3.20. The lowest BCUT2D eigenvalue weighted by atomic mass is 10.0. The summed E-state index contributed by atoms with van der Waals surface area (Å²) in [6.07, 6.45) is 1.53. The highest BCUT2D eigenvalue weighted by Crippen LogP contribution is 2.28. The van der Waals surface area contributed by atoms with E-state index in [0.29, 0.717) is 25.3 Å². The first kappa shape index (κ1) is 29.3. The summed E-state index contributed by atoms with van der Waals surface area (Å²) in [6, 6.07) is 20.0. The zero-order valence-electron chi connectivity index (χ0n) is 19.6. The molecule has 36 heavy (non-hydrogen) atoms. The number of benzene rings is 3. The van der Waals surface area contributed by atoms with Crippen LogP contribution in [0.25, 0.3) is 22.0 Å². The van der Waals surface area contributed by atoms with Crippen molar-refractivity contribution in [2.45, 2.75) is 25.4 Å². The highest BCUT2D eigenvalue weighted by Gasteiger charge is 2.17. The van der Waals surface area contributed by atoms with Crippen molar-refractivity contribution in [3.05, 3.63) is 95.7 Å².